The Bertz CT molecular complexity index is 912. The maximum atomic E-state index is 5.84. The minimum absolute atomic E-state index is 0.0836. The van der Waals surface area contributed by atoms with Gasteiger partial charge in [-0.2, -0.15) is 0 Å². The molecule has 1 unspecified atom stereocenters. The van der Waals surface area contributed by atoms with E-state index < -0.39 is 0 Å². The van der Waals surface area contributed by atoms with Gasteiger partial charge in [0, 0.05) is 30.4 Å². The van der Waals surface area contributed by atoms with E-state index in [2.05, 4.69) is 16.1 Å². The lowest BCUT2D eigenvalue weighted by molar-refractivity contribution is -0.0280. The van der Waals surface area contributed by atoms with Crippen molar-refractivity contribution >= 4 is 23.0 Å². The fourth-order valence-corrected chi connectivity index (χ4v) is 3.33. The second-order valence-electron chi connectivity index (χ2n) is 6.42. The SMILES string of the molecule is C#Cc1cccc(OCC2CN(C(=S)Nc3ccc4c(c3)OCO4)CCO2)c1. The Morgan fingerprint density at radius 2 is 2.14 bits per heavy atom. The second kappa shape index (κ2) is 8.38. The van der Waals surface area contributed by atoms with E-state index in [-0.39, 0.29) is 12.9 Å². The molecule has 0 saturated carbocycles. The van der Waals surface area contributed by atoms with Gasteiger partial charge in [-0.15, -0.1) is 6.42 Å². The Morgan fingerprint density at radius 3 is 3.04 bits per heavy atom. The Morgan fingerprint density at radius 1 is 1.25 bits per heavy atom. The summed E-state index contributed by atoms with van der Waals surface area (Å²) in [5.74, 6) is 4.80. The van der Waals surface area contributed by atoms with Gasteiger partial charge in [-0.3, -0.25) is 0 Å². The van der Waals surface area contributed by atoms with Crippen LogP contribution in [0.3, 0.4) is 0 Å². The quantitative estimate of drug-likeness (QED) is 0.630. The second-order valence-corrected chi connectivity index (χ2v) is 6.81. The average molecular weight is 396 g/mol. The van der Waals surface area contributed by atoms with Crippen LogP contribution in [-0.2, 0) is 4.74 Å². The Labute approximate surface area is 169 Å². The molecule has 144 valence electrons. The Hall–Kier alpha value is -2.95. The van der Waals surface area contributed by atoms with E-state index in [1.807, 2.05) is 42.5 Å². The van der Waals surface area contributed by atoms with Gasteiger partial charge in [-0.25, -0.2) is 0 Å². The summed E-state index contributed by atoms with van der Waals surface area (Å²) < 4.78 is 22.4. The van der Waals surface area contributed by atoms with Crippen LogP contribution in [0, 0.1) is 12.3 Å². The number of nitrogens with zero attached hydrogens (tertiary/aromatic N) is 1. The molecule has 2 aliphatic heterocycles. The number of morpholine rings is 1. The van der Waals surface area contributed by atoms with E-state index in [0.717, 1.165) is 35.0 Å². The van der Waals surface area contributed by atoms with Crippen LogP contribution in [0.1, 0.15) is 5.56 Å². The third-order valence-electron chi connectivity index (χ3n) is 4.49. The molecule has 0 bridgehead atoms. The minimum Gasteiger partial charge on any atom is -0.491 e. The Kier molecular flexibility index (Phi) is 5.51. The molecular formula is C21H20N2O4S. The normalized spacial score (nSPS) is 17.7. The molecule has 2 heterocycles. The highest BCUT2D eigenvalue weighted by Gasteiger charge is 2.23. The van der Waals surface area contributed by atoms with Gasteiger partial charge < -0.3 is 29.2 Å². The number of ether oxygens (including phenoxy) is 4. The van der Waals surface area contributed by atoms with E-state index >= 15 is 0 Å². The molecule has 0 aliphatic carbocycles. The minimum atomic E-state index is -0.0836. The van der Waals surface area contributed by atoms with E-state index in [1.165, 1.54) is 0 Å². The summed E-state index contributed by atoms with van der Waals surface area (Å²) >= 11 is 5.57. The summed E-state index contributed by atoms with van der Waals surface area (Å²) in [6, 6.07) is 13.1. The van der Waals surface area contributed by atoms with E-state index in [9.17, 15) is 0 Å². The zero-order chi connectivity index (χ0) is 19.3. The summed E-state index contributed by atoms with van der Waals surface area (Å²) in [7, 11) is 0. The maximum absolute atomic E-state index is 5.84. The van der Waals surface area contributed by atoms with Gasteiger partial charge in [0.15, 0.2) is 16.6 Å². The molecule has 1 N–H and O–H groups in total. The van der Waals surface area contributed by atoms with Crippen LogP contribution >= 0.6 is 12.2 Å². The lowest BCUT2D eigenvalue weighted by Gasteiger charge is -2.34. The molecule has 2 aromatic carbocycles. The predicted octanol–water partition coefficient (Wildman–Crippen LogP) is 2.87. The molecule has 7 heteroatoms. The summed E-state index contributed by atoms with van der Waals surface area (Å²) in [5.41, 5.74) is 1.65. The van der Waals surface area contributed by atoms with Crippen molar-refractivity contribution in [3.8, 4) is 29.6 Å². The molecule has 6 nitrogen and oxygen atoms in total. The van der Waals surface area contributed by atoms with Crippen molar-refractivity contribution in [2.75, 3.05) is 38.4 Å². The number of fused-ring (bicyclic) bond motifs is 1. The number of anilines is 1. The molecule has 1 atom stereocenters. The zero-order valence-electron chi connectivity index (χ0n) is 15.2. The number of rotatable bonds is 4. The largest absolute Gasteiger partial charge is 0.491 e. The number of hydrogen-bond donors (Lipinski definition) is 1. The first-order valence-corrected chi connectivity index (χ1v) is 9.39. The van der Waals surface area contributed by atoms with E-state index in [1.54, 1.807) is 0 Å². The van der Waals surface area contributed by atoms with Crippen molar-refractivity contribution in [3.05, 3.63) is 48.0 Å². The van der Waals surface area contributed by atoms with Crippen LogP contribution in [0.4, 0.5) is 5.69 Å². The van der Waals surface area contributed by atoms with Crippen LogP contribution < -0.4 is 19.5 Å². The van der Waals surface area contributed by atoms with Gasteiger partial charge in [0.25, 0.3) is 0 Å². The summed E-state index contributed by atoms with van der Waals surface area (Å²) in [5, 5.41) is 3.89. The van der Waals surface area contributed by atoms with Crippen LogP contribution in [-0.4, -0.2) is 49.2 Å². The highest BCUT2D eigenvalue weighted by atomic mass is 32.1. The van der Waals surface area contributed by atoms with Crippen LogP contribution in [0.5, 0.6) is 17.2 Å². The number of terminal acetylenes is 1. The molecule has 1 saturated heterocycles. The first-order chi connectivity index (χ1) is 13.7. The fourth-order valence-electron chi connectivity index (χ4n) is 3.05. The van der Waals surface area contributed by atoms with Gasteiger partial charge in [0.05, 0.1) is 6.61 Å². The van der Waals surface area contributed by atoms with Gasteiger partial charge in [0.2, 0.25) is 6.79 Å². The molecule has 0 aromatic heterocycles. The first kappa shape index (κ1) is 18.4. The fraction of sp³-hybridized carbons (Fsp3) is 0.286. The van der Waals surface area contributed by atoms with Crippen molar-refractivity contribution in [2.45, 2.75) is 6.10 Å². The maximum Gasteiger partial charge on any atom is 0.231 e. The number of thiocarbonyl (C=S) groups is 1. The Balaban J connectivity index is 1.31. The highest BCUT2D eigenvalue weighted by molar-refractivity contribution is 7.80. The van der Waals surface area contributed by atoms with Crippen LogP contribution in [0.15, 0.2) is 42.5 Å². The molecule has 2 aromatic rings. The monoisotopic (exact) mass is 396 g/mol. The standard InChI is InChI=1S/C21H20N2O4S/c1-2-15-4-3-5-17(10-15)25-13-18-12-23(8-9-24-18)21(28)22-16-6-7-19-20(11-16)27-14-26-19/h1,3-7,10-11,18H,8-9,12-14H2,(H,22,28). The van der Waals surface area contributed by atoms with Crippen LogP contribution in [0.25, 0.3) is 0 Å². The number of nitrogens with one attached hydrogen (secondary N) is 1. The van der Waals surface area contributed by atoms with Gasteiger partial charge in [0.1, 0.15) is 18.5 Å². The average Bonchev–Trinajstić information content (AvgIpc) is 3.20. The topological polar surface area (TPSA) is 52.2 Å². The first-order valence-electron chi connectivity index (χ1n) is 8.98. The molecule has 28 heavy (non-hydrogen) atoms. The number of hydrogen-bond acceptors (Lipinski definition) is 5. The van der Waals surface area contributed by atoms with Crippen molar-refractivity contribution in [2.24, 2.45) is 0 Å². The van der Waals surface area contributed by atoms with E-state index in [4.69, 9.17) is 37.6 Å². The van der Waals surface area contributed by atoms with Crippen molar-refractivity contribution in [3.63, 3.8) is 0 Å². The zero-order valence-corrected chi connectivity index (χ0v) is 16.0. The highest BCUT2D eigenvalue weighted by Crippen LogP contribution is 2.34. The number of benzene rings is 2. The molecule has 0 amide bonds. The van der Waals surface area contributed by atoms with E-state index in [0.29, 0.717) is 24.9 Å². The third-order valence-corrected chi connectivity index (χ3v) is 4.85. The van der Waals surface area contributed by atoms with Crippen molar-refractivity contribution in [1.29, 1.82) is 0 Å². The molecule has 0 spiro atoms. The van der Waals surface area contributed by atoms with Crippen LogP contribution in [0.2, 0.25) is 0 Å². The third kappa shape index (κ3) is 4.30. The predicted molar refractivity (Wildman–Crippen MR) is 110 cm³/mol. The van der Waals surface area contributed by atoms with Crippen molar-refractivity contribution < 1.29 is 18.9 Å². The van der Waals surface area contributed by atoms with Crippen molar-refractivity contribution in [1.82, 2.24) is 4.90 Å². The lowest BCUT2D eigenvalue weighted by atomic mass is 10.2. The van der Waals surface area contributed by atoms with Gasteiger partial charge in [-0.1, -0.05) is 12.0 Å². The summed E-state index contributed by atoms with van der Waals surface area (Å²) in [6.07, 6.45) is 5.35. The molecule has 2 aliphatic rings. The molecule has 4 rings (SSSR count). The summed E-state index contributed by atoms with van der Waals surface area (Å²) in [6.45, 7) is 2.63. The molecule has 0 radical (unpaired) electrons. The molecular weight excluding hydrogens is 376 g/mol. The summed E-state index contributed by atoms with van der Waals surface area (Å²) in [4.78, 5) is 2.08. The van der Waals surface area contributed by atoms with Gasteiger partial charge in [-0.05, 0) is 42.5 Å². The molecule has 1 fully saturated rings. The lowest BCUT2D eigenvalue weighted by Crippen LogP contribution is -2.49. The smallest absolute Gasteiger partial charge is 0.231 e. The van der Waals surface area contributed by atoms with Gasteiger partial charge >= 0.3 is 0 Å².